The molecule has 4 nitrogen and oxygen atoms in total. The molecule has 0 unspecified atom stereocenters. The maximum absolute atomic E-state index is 14.1. The minimum Gasteiger partial charge on any atom is -0.208 e. The lowest BCUT2D eigenvalue weighted by Crippen LogP contribution is -2.56. The van der Waals surface area contributed by atoms with Crippen molar-refractivity contribution < 1.29 is 13.2 Å². The summed E-state index contributed by atoms with van der Waals surface area (Å²) >= 11 is 1.87. The van der Waals surface area contributed by atoms with Gasteiger partial charge in [-0.3, -0.25) is 0 Å². The summed E-state index contributed by atoms with van der Waals surface area (Å²) in [5, 5.41) is 12.1. The molecule has 9 aromatic rings. The second-order valence-corrected chi connectivity index (χ2v) is 21.3. The Morgan fingerprint density at radius 3 is 1.88 bits per heavy atom. The van der Waals surface area contributed by atoms with Crippen molar-refractivity contribution in [2.75, 3.05) is 0 Å². The van der Waals surface area contributed by atoms with Crippen LogP contribution < -0.4 is 0 Å². The minimum absolute atomic E-state index is 0.165. The van der Waals surface area contributed by atoms with Crippen molar-refractivity contribution in [2.24, 2.45) is 23.7 Å². The van der Waals surface area contributed by atoms with Gasteiger partial charge in [0.2, 0.25) is 0 Å². The molecular weight excluding hydrogens is 866 g/mol. The van der Waals surface area contributed by atoms with Crippen molar-refractivity contribution >= 4 is 31.5 Å². The van der Waals surface area contributed by atoms with Crippen LogP contribution in [0, 0.1) is 35.0 Å². The number of rotatable bonds is 6. The molecule has 0 saturated heterocycles. The fraction of sp³-hybridized carbons (Fsp3) is 0.233. The van der Waals surface area contributed by atoms with Crippen molar-refractivity contribution in [1.82, 2.24) is 15.0 Å². The van der Waals surface area contributed by atoms with Crippen LogP contribution in [0.3, 0.4) is 0 Å². The van der Waals surface area contributed by atoms with Crippen LogP contribution in [-0.2, 0) is 17.0 Å². The molecule has 4 saturated carbocycles. The first-order chi connectivity index (χ1) is 33.0. The first-order valence-electron chi connectivity index (χ1n) is 23.7. The Hall–Kier alpha value is -6.95. The Morgan fingerprint density at radius 2 is 1.19 bits per heavy atom. The molecule has 8 heteroatoms. The van der Waals surface area contributed by atoms with Crippen molar-refractivity contribution in [3.05, 3.63) is 185 Å². The standard InChI is InChI=1S/C60H45F3N4S/c1-58(2)48-11-6-10-47(53(48)45-25-23-42(32-50(45)58)60(61,62)63)57-66-55(38-8-4-3-5-9-38)65-56(67-57)39-18-21-41(22-19-39)59(43-27-35-26-36(29-43)30-44(59)28-35)49-12-7-13-51-54(49)46-24-20-40(31-52(46)68-51)37-16-14-34(33-64)15-17-37/h3-25,31-32,35-36,43-44H,26-30H2,1-2H3. The van der Waals surface area contributed by atoms with E-state index < -0.39 is 17.2 Å². The Balaban J connectivity index is 0.954. The molecule has 2 aromatic heterocycles. The fourth-order valence-corrected chi connectivity index (χ4v) is 14.6. The summed E-state index contributed by atoms with van der Waals surface area (Å²) in [4.78, 5) is 15.5. The van der Waals surface area contributed by atoms with Gasteiger partial charge in [0, 0.05) is 47.7 Å². The Bertz CT molecular complexity index is 3520. The number of benzene rings is 7. The minimum atomic E-state index is -4.45. The van der Waals surface area contributed by atoms with Crippen molar-refractivity contribution in [2.45, 2.75) is 63.0 Å². The van der Waals surface area contributed by atoms with Gasteiger partial charge >= 0.3 is 6.18 Å². The summed E-state index contributed by atoms with van der Waals surface area (Å²) in [5.74, 6) is 4.17. The number of hydrogen-bond donors (Lipinski definition) is 0. The second kappa shape index (κ2) is 15.0. The second-order valence-electron chi connectivity index (χ2n) is 20.2. The average molecular weight is 911 g/mol. The zero-order valence-corrected chi connectivity index (χ0v) is 38.4. The van der Waals surface area contributed by atoms with E-state index in [-0.39, 0.29) is 5.41 Å². The molecule has 0 amide bonds. The van der Waals surface area contributed by atoms with E-state index in [0.29, 0.717) is 40.4 Å². The van der Waals surface area contributed by atoms with Gasteiger partial charge in [0.15, 0.2) is 17.5 Å². The van der Waals surface area contributed by atoms with Gasteiger partial charge in [0.25, 0.3) is 0 Å². The zero-order valence-electron chi connectivity index (χ0n) is 37.6. The summed E-state index contributed by atoms with van der Waals surface area (Å²) in [6.45, 7) is 3.98. The van der Waals surface area contributed by atoms with Crippen LogP contribution in [0.5, 0.6) is 0 Å². The van der Waals surface area contributed by atoms with Crippen molar-refractivity contribution in [1.29, 1.82) is 5.26 Å². The van der Waals surface area contributed by atoms with Gasteiger partial charge in [-0.1, -0.05) is 129 Å². The quantitative estimate of drug-likeness (QED) is 0.167. The molecular formula is C60H45F3N4S. The van der Waals surface area contributed by atoms with E-state index in [9.17, 15) is 18.4 Å². The first kappa shape index (κ1) is 41.3. The van der Waals surface area contributed by atoms with Crippen LogP contribution in [0.25, 0.3) is 76.6 Å². The number of hydrogen-bond acceptors (Lipinski definition) is 5. The SMILES string of the molecule is CC1(C)c2cc(C(F)(F)F)ccc2-c2c(-c3nc(-c4ccccc4)nc(-c4ccc(C5(c6cccc7sc8cc(-c9ccc(C#N)cc9)ccc8c67)C6CC7CC(C6)CC5C7)cc4)n3)cccc21. The van der Waals surface area contributed by atoms with Crippen LogP contribution in [0.1, 0.15) is 79.3 Å². The Labute approximate surface area is 397 Å². The summed E-state index contributed by atoms with van der Waals surface area (Å²) in [5.41, 5.74) is 9.93. The normalized spacial score (nSPS) is 22.1. The van der Waals surface area contributed by atoms with Crippen LogP contribution >= 0.6 is 11.3 Å². The average Bonchev–Trinajstić information content (AvgIpc) is 3.85. The monoisotopic (exact) mass is 910 g/mol. The van der Waals surface area contributed by atoms with E-state index in [1.54, 1.807) is 6.07 Å². The van der Waals surface area contributed by atoms with Gasteiger partial charge in [0.1, 0.15) is 0 Å². The van der Waals surface area contributed by atoms with Gasteiger partial charge in [-0.05, 0) is 137 Å². The van der Waals surface area contributed by atoms with E-state index in [4.69, 9.17) is 15.0 Å². The predicted octanol–water partition coefficient (Wildman–Crippen LogP) is 15.8. The van der Waals surface area contributed by atoms with Gasteiger partial charge in [-0.15, -0.1) is 11.3 Å². The molecule has 4 bridgehead atoms. The lowest BCUT2D eigenvalue weighted by molar-refractivity contribution is -0.137. The summed E-state index contributed by atoms with van der Waals surface area (Å²) in [7, 11) is 0. The molecule has 68 heavy (non-hydrogen) atoms. The lowest BCUT2D eigenvalue weighted by atomic mass is 9.42. The number of halogens is 3. The van der Waals surface area contributed by atoms with Crippen molar-refractivity contribution in [3.8, 4) is 62.5 Å². The molecule has 0 N–H and O–H groups in total. The highest BCUT2D eigenvalue weighted by molar-refractivity contribution is 7.25. The molecule has 0 aliphatic heterocycles. The number of nitriles is 1. The number of alkyl halides is 3. The topological polar surface area (TPSA) is 62.5 Å². The van der Waals surface area contributed by atoms with Crippen LogP contribution in [0.4, 0.5) is 13.2 Å². The number of nitrogens with zero attached hydrogens (tertiary/aromatic N) is 4. The number of thiophene rings is 1. The lowest BCUT2D eigenvalue weighted by Gasteiger charge is -2.62. The third kappa shape index (κ3) is 6.21. The third-order valence-corrected chi connectivity index (χ3v) is 17.4. The highest BCUT2D eigenvalue weighted by Gasteiger charge is 2.59. The largest absolute Gasteiger partial charge is 0.416 e. The molecule has 0 spiro atoms. The van der Waals surface area contributed by atoms with Gasteiger partial charge < -0.3 is 0 Å². The first-order valence-corrected chi connectivity index (χ1v) is 24.5. The molecule has 5 aliphatic rings. The van der Waals surface area contributed by atoms with Crippen LogP contribution in [0.15, 0.2) is 152 Å². The Kier molecular flexibility index (Phi) is 9.12. The maximum atomic E-state index is 14.1. The smallest absolute Gasteiger partial charge is 0.208 e. The fourth-order valence-electron chi connectivity index (χ4n) is 13.5. The molecule has 0 atom stereocenters. The molecule has 4 fully saturated rings. The highest BCUT2D eigenvalue weighted by atomic mass is 32.1. The Morgan fingerprint density at radius 1 is 0.559 bits per heavy atom. The van der Waals surface area contributed by atoms with Crippen LogP contribution in [-0.4, -0.2) is 15.0 Å². The van der Waals surface area contributed by atoms with E-state index in [1.807, 2.05) is 98.0 Å². The van der Waals surface area contributed by atoms with Gasteiger partial charge in [-0.25, -0.2) is 15.0 Å². The third-order valence-electron chi connectivity index (χ3n) is 16.3. The van der Waals surface area contributed by atoms with Crippen LogP contribution in [0.2, 0.25) is 0 Å². The summed E-state index contributed by atoms with van der Waals surface area (Å²) < 4.78 is 44.8. The summed E-state index contributed by atoms with van der Waals surface area (Å²) in [6, 6.07) is 53.1. The van der Waals surface area contributed by atoms with Gasteiger partial charge in [-0.2, -0.15) is 18.4 Å². The van der Waals surface area contributed by atoms with E-state index in [0.717, 1.165) is 56.3 Å². The van der Waals surface area contributed by atoms with E-state index >= 15 is 0 Å². The molecule has 0 radical (unpaired) electrons. The maximum Gasteiger partial charge on any atom is 0.416 e. The van der Waals surface area contributed by atoms with Gasteiger partial charge in [0.05, 0.1) is 17.2 Å². The molecule has 7 aromatic carbocycles. The molecule has 5 aliphatic carbocycles. The van der Waals surface area contributed by atoms with E-state index in [1.165, 1.54) is 75.5 Å². The highest BCUT2D eigenvalue weighted by Crippen LogP contribution is 2.66. The molecule has 332 valence electrons. The molecule has 2 heterocycles. The zero-order chi connectivity index (χ0) is 46.1. The number of fused-ring (bicyclic) bond motifs is 6. The summed E-state index contributed by atoms with van der Waals surface area (Å²) in [6.07, 6.45) is 1.88. The molecule has 14 rings (SSSR count). The van der Waals surface area contributed by atoms with E-state index in [2.05, 4.69) is 66.7 Å². The van der Waals surface area contributed by atoms with Crippen molar-refractivity contribution in [3.63, 3.8) is 0 Å². The number of aromatic nitrogens is 3. The predicted molar refractivity (Wildman–Crippen MR) is 266 cm³/mol.